The Morgan fingerprint density at radius 1 is 1.27 bits per heavy atom. The number of nitrogens with zero attached hydrogens (tertiary/aromatic N) is 5. The van der Waals surface area contributed by atoms with Crippen molar-refractivity contribution in [3.63, 3.8) is 0 Å². The number of aliphatic carboxylic acids is 1. The fourth-order valence-electron chi connectivity index (χ4n) is 5.96. The molecule has 41 heavy (non-hydrogen) atoms. The molecule has 5 rings (SSSR count). The normalized spacial score (nSPS) is 19.8. The molecule has 11 nitrogen and oxygen atoms in total. The largest absolute Gasteiger partial charge is 0.493 e. The number of unbranched alkanes of at least 4 members (excludes halogenated alkanes) is 1. The summed E-state index contributed by atoms with van der Waals surface area (Å²) < 4.78 is 20.5. The lowest BCUT2D eigenvalue weighted by atomic mass is 9.84. The standard InChI is InChI=1S/C30H37N5O6/c1-4-5-13-35(22-8-6-11-32(2)17-22)27(36)19-33-18-23(21-15-25(39-3)29-26(16-21)40-20-41-29)28(30(37)38)24(33)9-14-34-12-7-10-31-34/h6-8,10-12,15-17,23-24,28H,4-5,9,13-14,18-20H2,1-3H3/p+1/t23-,24+,28-/m1/s1. The number of pyridine rings is 1. The lowest BCUT2D eigenvalue weighted by Gasteiger charge is -2.29. The molecule has 0 radical (unpaired) electrons. The van der Waals surface area contributed by atoms with Crippen molar-refractivity contribution in [1.29, 1.82) is 0 Å². The zero-order valence-electron chi connectivity index (χ0n) is 23.8. The maximum atomic E-state index is 13.9. The van der Waals surface area contributed by atoms with Gasteiger partial charge in [0.15, 0.2) is 23.9 Å². The molecule has 11 heteroatoms. The highest BCUT2D eigenvalue weighted by Crippen LogP contribution is 2.47. The van der Waals surface area contributed by atoms with E-state index >= 15 is 0 Å². The monoisotopic (exact) mass is 564 g/mol. The highest BCUT2D eigenvalue weighted by atomic mass is 16.7. The van der Waals surface area contributed by atoms with Crippen LogP contribution in [0.2, 0.25) is 0 Å². The molecule has 1 aromatic carbocycles. The first-order valence-corrected chi connectivity index (χ1v) is 14.1. The Morgan fingerprint density at radius 2 is 2.12 bits per heavy atom. The third-order valence-electron chi connectivity index (χ3n) is 7.97. The number of carboxylic acids is 1. The third-order valence-corrected chi connectivity index (χ3v) is 7.97. The van der Waals surface area contributed by atoms with Gasteiger partial charge in [-0.15, -0.1) is 0 Å². The molecule has 3 atom stereocenters. The number of amides is 1. The fourth-order valence-corrected chi connectivity index (χ4v) is 5.96. The number of likely N-dealkylation sites (tertiary alicyclic amines) is 1. The molecule has 0 bridgehead atoms. The van der Waals surface area contributed by atoms with Crippen LogP contribution in [-0.4, -0.2) is 71.2 Å². The number of carboxylic acid groups (broad SMARTS) is 1. The molecule has 0 unspecified atom stereocenters. The SMILES string of the molecule is CCCCN(C(=O)CN1C[C@H](c2cc(OC)c3c(c2)OCO3)[C@@H](C(=O)O)[C@@H]1CCn1cccn1)c1ccc[n+](C)c1. The van der Waals surface area contributed by atoms with Crippen LogP contribution in [0.5, 0.6) is 17.2 Å². The quantitative estimate of drug-likeness (QED) is 0.335. The average Bonchev–Trinajstić information content (AvgIpc) is 3.72. The minimum absolute atomic E-state index is 0.0539. The van der Waals surface area contributed by atoms with E-state index in [1.165, 1.54) is 0 Å². The first-order chi connectivity index (χ1) is 19.9. The van der Waals surface area contributed by atoms with Gasteiger partial charge in [-0.1, -0.05) is 13.3 Å². The second kappa shape index (κ2) is 12.6. The van der Waals surface area contributed by atoms with Crippen molar-refractivity contribution in [2.45, 2.75) is 44.7 Å². The molecule has 0 saturated carbocycles. The fraction of sp³-hybridized carbons (Fsp3) is 0.467. The maximum absolute atomic E-state index is 13.9. The molecule has 0 aliphatic carbocycles. The van der Waals surface area contributed by atoms with Crippen LogP contribution in [0.15, 0.2) is 55.1 Å². The summed E-state index contributed by atoms with van der Waals surface area (Å²) in [6.07, 6.45) is 9.78. The van der Waals surface area contributed by atoms with Crippen LogP contribution < -0.4 is 23.7 Å². The second-order valence-corrected chi connectivity index (χ2v) is 10.6. The third kappa shape index (κ3) is 6.14. The first-order valence-electron chi connectivity index (χ1n) is 14.1. The van der Waals surface area contributed by atoms with Gasteiger partial charge in [0.2, 0.25) is 18.4 Å². The number of fused-ring (bicyclic) bond motifs is 1. The van der Waals surface area contributed by atoms with Crippen molar-refractivity contribution in [2.75, 3.05) is 38.4 Å². The number of methoxy groups -OCH3 is 1. The second-order valence-electron chi connectivity index (χ2n) is 10.6. The Bertz CT molecular complexity index is 1360. The van der Waals surface area contributed by atoms with Crippen molar-refractivity contribution in [3.8, 4) is 17.2 Å². The maximum Gasteiger partial charge on any atom is 0.308 e. The number of aromatic nitrogens is 3. The minimum Gasteiger partial charge on any atom is -0.493 e. The Kier molecular flexibility index (Phi) is 8.72. The first kappa shape index (κ1) is 28.4. The molecule has 1 saturated heterocycles. The molecule has 1 N–H and O–H groups in total. The Morgan fingerprint density at radius 3 is 2.83 bits per heavy atom. The lowest BCUT2D eigenvalue weighted by Crippen LogP contribution is -2.45. The number of anilines is 1. The molecule has 2 aromatic heterocycles. The Balaban J connectivity index is 1.47. The zero-order valence-corrected chi connectivity index (χ0v) is 23.8. The van der Waals surface area contributed by atoms with Gasteiger partial charge < -0.3 is 24.2 Å². The number of benzene rings is 1. The van der Waals surface area contributed by atoms with Gasteiger partial charge in [-0.25, -0.2) is 4.57 Å². The smallest absolute Gasteiger partial charge is 0.308 e. The summed E-state index contributed by atoms with van der Waals surface area (Å²) >= 11 is 0. The molecule has 1 amide bonds. The summed E-state index contributed by atoms with van der Waals surface area (Å²) in [6.45, 7) is 3.82. The number of carbonyl (C=O) groups is 2. The van der Waals surface area contributed by atoms with E-state index in [1.54, 1.807) is 18.0 Å². The molecule has 3 aromatic rings. The Labute approximate surface area is 239 Å². The lowest BCUT2D eigenvalue weighted by molar-refractivity contribution is -0.670. The summed E-state index contributed by atoms with van der Waals surface area (Å²) in [7, 11) is 3.48. The molecule has 1 fully saturated rings. The van der Waals surface area contributed by atoms with Crippen molar-refractivity contribution in [3.05, 3.63) is 60.7 Å². The zero-order chi connectivity index (χ0) is 28.9. The van der Waals surface area contributed by atoms with Crippen molar-refractivity contribution in [2.24, 2.45) is 13.0 Å². The average molecular weight is 565 g/mol. The number of carbonyl (C=O) groups excluding carboxylic acids is 1. The molecule has 4 heterocycles. The van der Waals surface area contributed by atoms with Crippen molar-refractivity contribution < 1.29 is 33.5 Å². The van der Waals surface area contributed by atoms with E-state index in [2.05, 4.69) is 12.0 Å². The number of hydrogen-bond acceptors (Lipinski definition) is 7. The van der Waals surface area contributed by atoms with E-state index in [0.717, 1.165) is 24.1 Å². The van der Waals surface area contributed by atoms with Gasteiger partial charge in [-0.3, -0.25) is 19.2 Å². The molecular formula is C30H38N5O6+. The van der Waals surface area contributed by atoms with Crippen LogP contribution in [0, 0.1) is 5.92 Å². The van der Waals surface area contributed by atoms with Crippen LogP contribution in [-0.2, 0) is 23.2 Å². The Hall–Kier alpha value is -4.12. The van der Waals surface area contributed by atoms with Gasteiger partial charge in [0.05, 0.1) is 19.6 Å². The van der Waals surface area contributed by atoms with Gasteiger partial charge in [-0.05, 0) is 42.7 Å². The van der Waals surface area contributed by atoms with Gasteiger partial charge in [0.1, 0.15) is 12.7 Å². The highest BCUT2D eigenvalue weighted by molar-refractivity contribution is 5.94. The van der Waals surface area contributed by atoms with Crippen molar-refractivity contribution >= 4 is 17.6 Å². The van der Waals surface area contributed by atoms with E-state index in [4.69, 9.17) is 14.2 Å². The van der Waals surface area contributed by atoms with Crippen LogP contribution >= 0.6 is 0 Å². The summed E-state index contributed by atoms with van der Waals surface area (Å²) in [6, 6.07) is 9.00. The van der Waals surface area contributed by atoms with Crippen molar-refractivity contribution in [1.82, 2.24) is 14.7 Å². The van der Waals surface area contributed by atoms with Gasteiger partial charge in [-0.2, -0.15) is 5.10 Å². The highest BCUT2D eigenvalue weighted by Gasteiger charge is 2.47. The number of ether oxygens (including phenoxy) is 3. The molecule has 0 spiro atoms. The van der Waals surface area contributed by atoms with E-state index in [9.17, 15) is 14.7 Å². The number of aryl methyl sites for hydroxylation is 2. The van der Waals surface area contributed by atoms with E-state index in [-0.39, 0.29) is 31.2 Å². The molecular weight excluding hydrogens is 526 g/mol. The summed E-state index contributed by atoms with van der Waals surface area (Å²) in [4.78, 5) is 30.7. The summed E-state index contributed by atoms with van der Waals surface area (Å²) in [5.41, 5.74) is 1.61. The van der Waals surface area contributed by atoms with E-state index in [1.807, 2.05) is 70.3 Å². The van der Waals surface area contributed by atoms with E-state index < -0.39 is 11.9 Å². The molecule has 218 valence electrons. The van der Waals surface area contributed by atoms with Crippen LogP contribution in [0.3, 0.4) is 0 Å². The molecule has 2 aliphatic heterocycles. The summed E-state index contributed by atoms with van der Waals surface area (Å²) in [5.74, 6) is -0.525. The predicted octanol–water partition coefficient (Wildman–Crippen LogP) is 2.84. The van der Waals surface area contributed by atoms with Crippen LogP contribution in [0.25, 0.3) is 0 Å². The minimum atomic E-state index is -0.898. The van der Waals surface area contributed by atoms with Crippen LogP contribution in [0.4, 0.5) is 5.69 Å². The topological polar surface area (TPSA) is 110 Å². The van der Waals surface area contributed by atoms with Gasteiger partial charge >= 0.3 is 5.97 Å². The molecule has 2 aliphatic rings. The number of rotatable bonds is 12. The van der Waals surface area contributed by atoms with Crippen LogP contribution in [0.1, 0.15) is 37.7 Å². The summed E-state index contributed by atoms with van der Waals surface area (Å²) in [5, 5.41) is 14.9. The number of hydrogen-bond donors (Lipinski definition) is 1. The van der Waals surface area contributed by atoms with Gasteiger partial charge in [0.25, 0.3) is 0 Å². The predicted molar refractivity (Wildman–Crippen MR) is 150 cm³/mol. The van der Waals surface area contributed by atoms with Gasteiger partial charge in [0, 0.05) is 50.1 Å². The van der Waals surface area contributed by atoms with E-state index in [0.29, 0.717) is 43.3 Å².